The highest BCUT2D eigenvalue weighted by Gasteiger charge is 2.40. The lowest BCUT2D eigenvalue weighted by Gasteiger charge is -2.25. The molecular weight excluding hydrogens is 452 g/mol. The molecule has 1 aliphatic carbocycles. The zero-order valence-electron chi connectivity index (χ0n) is 17.7. The van der Waals surface area contributed by atoms with E-state index in [1.807, 2.05) is 0 Å². The zero-order valence-corrected chi connectivity index (χ0v) is 17.7. The number of benzene rings is 2. The number of carbonyl (C=O) groups excluding carboxylic acids is 1. The van der Waals surface area contributed by atoms with Crippen LogP contribution >= 0.6 is 0 Å². The number of rotatable bonds is 5. The van der Waals surface area contributed by atoms with Crippen LogP contribution in [-0.2, 0) is 6.54 Å². The lowest BCUT2D eigenvalue weighted by Crippen LogP contribution is -2.25. The van der Waals surface area contributed by atoms with Crippen LogP contribution in [0.1, 0.15) is 22.3 Å². The zero-order chi connectivity index (χ0) is 24.5. The van der Waals surface area contributed by atoms with Gasteiger partial charge in [-0.1, -0.05) is 18.2 Å². The molecule has 176 valence electrons. The van der Waals surface area contributed by atoms with E-state index >= 15 is 0 Å². The second-order valence-electron chi connectivity index (χ2n) is 7.86. The van der Waals surface area contributed by atoms with Gasteiger partial charge in [0.25, 0.3) is 5.91 Å². The predicted molar refractivity (Wildman–Crippen MR) is 121 cm³/mol. The number of amides is 1. The molecule has 10 heteroatoms. The highest BCUT2D eigenvalue weighted by molar-refractivity contribution is 6.00. The molecule has 34 heavy (non-hydrogen) atoms. The number of nitrogens with one attached hydrogen (secondary N) is 1. The summed E-state index contributed by atoms with van der Waals surface area (Å²) in [4.78, 5) is 12.2. The van der Waals surface area contributed by atoms with Crippen LogP contribution in [0.15, 0.2) is 77.3 Å². The van der Waals surface area contributed by atoms with Gasteiger partial charge in [0.15, 0.2) is 0 Å². The normalized spacial score (nSPS) is 16.5. The largest absolute Gasteiger partial charge is 0.506 e. The number of alkyl halides is 3. The third-order valence-electron chi connectivity index (χ3n) is 5.58. The van der Waals surface area contributed by atoms with Crippen molar-refractivity contribution in [2.24, 2.45) is 11.0 Å². The SMILES string of the molecule is Nc1cc(C(=O)N/N=C/c2cccc3c2ccn3CC2CC(F)=CC=C2C(F)(F)F)ccc1O. The Morgan fingerprint density at radius 2 is 2.03 bits per heavy atom. The maximum absolute atomic E-state index is 13.7. The van der Waals surface area contributed by atoms with Crippen molar-refractivity contribution in [2.45, 2.75) is 19.1 Å². The van der Waals surface area contributed by atoms with Crippen molar-refractivity contribution in [2.75, 3.05) is 5.73 Å². The van der Waals surface area contributed by atoms with Crippen LogP contribution in [0, 0.1) is 5.92 Å². The molecule has 0 bridgehead atoms. The standard InChI is InChI=1S/C24H20F4N4O2/c25-17-5-6-19(24(26,27)28)16(10-17)13-32-9-8-18-15(2-1-3-21(18)32)12-30-31-23(34)14-4-7-22(33)20(29)11-14/h1-9,11-12,16,33H,10,13,29H2,(H,31,34)/b30-12+. The van der Waals surface area contributed by atoms with Gasteiger partial charge in [0, 0.05) is 52.7 Å². The van der Waals surface area contributed by atoms with Crippen LogP contribution < -0.4 is 11.2 Å². The van der Waals surface area contributed by atoms with Crippen LogP contribution in [0.4, 0.5) is 23.2 Å². The number of halogens is 4. The van der Waals surface area contributed by atoms with Gasteiger partial charge in [0.05, 0.1) is 11.9 Å². The molecule has 4 rings (SSSR count). The van der Waals surface area contributed by atoms with E-state index in [1.165, 1.54) is 24.4 Å². The average molecular weight is 472 g/mol. The van der Waals surface area contributed by atoms with Gasteiger partial charge in [-0.3, -0.25) is 4.79 Å². The summed E-state index contributed by atoms with van der Waals surface area (Å²) in [6, 6.07) is 10.9. The van der Waals surface area contributed by atoms with E-state index in [4.69, 9.17) is 5.73 Å². The quantitative estimate of drug-likeness (QED) is 0.159. The Labute approximate surface area is 191 Å². The van der Waals surface area contributed by atoms with Crippen molar-refractivity contribution < 1.29 is 27.5 Å². The Kier molecular flexibility index (Phi) is 6.14. The Balaban J connectivity index is 1.53. The second kappa shape index (κ2) is 9.05. The summed E-state index contributed by atoms with van der Waals surface area (Å²) in [6.07, 6.45) is -0.133. The number of hydrogen-bond donors (Lipinski definition) is 3. The molecule has 0 spiro atoms. The lowest BCUT2D eigenvalue weighted by atomic mass is 9.90. The monoisotopic (exact) mass is 472 g/mol. The number of aromatic nitrogens is 1. The fourth-order valence-corrected chi connectivity index (χ4v) is 3.90. The first-order valence-electron chi connectivity index (χ1n) is 10.3. The van der Waals surface area contributed by atoms with Crippen LogP contribution in [0.3, 0.4) is 0 Å². The Hall–Kier alpha value is -4.08. The third kappa shape index (κ3) is 4.80. The summed E-state index contributed by atoms with van der Waals surface area (Å²) in [7, 11) is 0. The highest BCUT2D eigenvalue weighted by Crippen LogP contribution is 2.39. The Morgan fingerprint density at radius 3 is 2.76 bits per heavy atom. The minimum absolute atomic E-state index is 0.0459. The van der Waals surface area contributed by atoms with Gasteiger partial charge in [0.2, 0.25) is 0 Å². The van der Waals surface area contributed by atoms with E-state index in [2.05, 4.69) is 10.5 Å². The van der Waals surface area contributed by atoms with Crippen molar-refractivity contribution in [3.8, 4) is 5.75 Å². The molecule has 1 aliphatic rings. The van der Waals surface area contributed by atoms with Crippen LogP contribution in [0.25, 0.3) is 10.9 Å². The summed E-state index contributed by atoms with van der Waals surface area (Å²) >= 11 is 0. The highest BCUT2D eigenvalue weighted by atomic mass is 19.4. The van der Waals surface area contributed by atoms with Gasteiger partial charge in [-0.05, 0) is 36.4 Å². The number of phenolic OH excluding ortho intramolecular Hbond substituents is 1. The number of anilines is 1. The number of hydrogen-bond acceptors (Lipinski definition) is 4. The first-order chi connectivity index (χ1) is 16.1. The summed E-state index contributed by atoms with van der Waals surface area (Å²) in [5.74, 6) is -2.31. The van der Waals surface area contributed by atoms with Gasteiger partial charge in [0.1, 0.15) is 11.6 Å². The average Bonchev–Trinajstić information content (AvgIpc) is 3.18. The predicted octanol–water partition coefficient (Wildman–Crippen LogP) is 5.06. The van der Waals surface area contributed by atoms with Gasteiger partial charge in [-0.2, -0.15) is 18.3 Å². The van der Waals surface area contributed by atoms with Gasteiger partial charge in [-0.15, -0.1) is 0 Å². The van der Waals surface area contributed by atoms with Gasteiger partial charge in [-0.25, -0.2) is 9.82 Å². The van der Waals surface area contributed by atoms with Crippen LogP contribution in [-0.4, -0.2) is 28.0 Å². The first kappa shape index (κ1) is 23.1. The molecule has 1 atom stereocenters. The molecule has 0 fully saturated rings. The van der Waals surface area contributed by atoms with Crippen molar-refractivity contribution in [1.82, 2.24) is 9.99 Å². The fourth-order valence-electron chi connectivity index (χ4n) is 3.90. The molecule has 0 saturated heterocycles. The summed E-state index contributed by atoms with van der Waals surface area (Å²) in [6.45, 7) is -0.0459. The number of fused-ring (bicyclic) bond motifs is 1. The molecular formula is C24H20F4N4O2. The number of carbonyl (C=O) groups is 1. The molecule has 1 aromatic heterocycles. The van der Waals surface area contributed by atoms with Gasteiger partial charge >= 0.3 is 6.18 Å². The fraction of sp³-hybridized carbons (Fsp3) is 0.167. The van der Waals surface area contributed by atoms with Crippen LogP contribution in [0.2, 0.25) is 0 Å². The Morgan fingerprint density at radius 1 is 1.24 bits per heavy atom. The van der Waals surface area contributed by atoms with E-state index in [1.54, 1.807) is 35.0 Å². The molecule has 1 unspecified atom stereocenters. The second-order valence-corrected chi connectivity index (χ2v) is 7.86. The summed E-state index contributed by atoms with van der Waals surface area (Å²) in [5.41, 5.74) is 8.74. The topological polar surface area (TPSA) is 92.6 Å². The molecule has 2 aromatic carbocycles. The first-order valence-corrected chi connectivity index (χ1v) is 10.3. The van der Waals surface area contributed by atoms with E-state index in [0.29, 0.717) is 16.5 Å². The minimum atomic E-state index is -4.54. The molecule has 0 radical (unpaired) electrons. The van der Waals surface area contributed by atoms with E-state index < -0.39 is 29.4 Å². The lowest BCUT2D eigenvalue weighted by molar-refractivity contribution is -0.100. The Bertz CT molecular complexity index is 1340. The number of aromatic hydroxyl groups is 1. The van der Waals surface area contributed by atoms with Gasteiger partial charge < -0.3 is 15.4 Å². The van der Waals surface area contributed by atoms with Crippen molar-refractivity contribution >= 4 is 28.7 Å². The van der Waals surface area contributed by atoms with Crippen molar-refractivity contribution in [3.05, 3.63) is 83.3 Å². The summed E-state index contributed by atoms with van der Waals surface area (Å²) in [5, 5.41) is 14.1. The smallest absolute Gasteiger partial charge is 0.413 e. The van der Waals surface area contributed by atoms with E-state index in [0.717, 1.165) is 12.2 Å². The molecule has 3 aromatic rings. The summed E-state index contributed by atoms with van der Waals surface area (Å²) < 4.78 is 55.6. The van der Waals surface area contributed by atoms with Crippen molar-refractivity contribution in [3.63, 3.8) is 0 Å². The maximum atomic E-state index is 13.7. The molecule has 0 aliphatic heterocycles. The molecule has 4 N–H and O–H groups in total. The number of nitrogen functional groups attached to an aromatic ring is 1. The molecule has 1 heterocycles. The molecule has 1 amide bonds. The van der Waals surface area contributed by atoms with Crippen LogP contribution in [0.5, 0.6) is 5.75 Å². The molecule has 0 saturated carbocycles. The number of phenols is 1. The van der Waals surface area contributed by atoms with E-state index in [-0.39, 0.29) is 30.0 Å². The van der Waals surface area contributed by atoms with Crippen molar-refractivity contribution in [1.29, 1.82) is 0 Å². The molecule has 6 nitrogen and oxygen atoms in total. The minimum Gasteiger partial charge on any atom is -0.506 e. The van der Waals surface area contributed by atoms with E-state index in [9.17, 15) is 27.5 Å². The number of allylic oxidation sites excluding steroid dienone is 4. The number of hydrazone groups is 1. The third-order valence-corrected chi connectivity index (χ3v) is 5.58. The maximum Gasteiger partial charge on any atom is 0.413 e. The number of nitrogens with zero attached hydrogens (tertiary/aromatic N) is 2. The number of nitrogens with two attached hydrogens (primary N) is 1.